The van der Waals surface area contributed by atoms with Crippen LogP contribution in [0.15, 0.2) is 30.3 Å². The van der Waals surface area contributed by atoms with Crippen LogP contribution in [0.25, 0.3) is 0 Å². The predicted octanol–water partition coefficient (Wildman–Crippen LogP) is 4.75. The van der Waals surface area contributed by atoms with E-state index in [0.29, 0.717) is 5.92 Å². The van der Waals surface area contributed by atoms with Gasteiger partial charge < -0.3 is 20.5 Å². The molecule has 2 aromatic rings. The lowest BCUT2D eigenvalue weighted by molar-refractivity contribution is -0.140. The fourth-order valence-electron chi connectivity index (χ4n) is 4.43. The lowest BCUT2D eigenvalue weighted by atomic mass is 9.79. The van der Waals surface area contributed by atoms with Gasteiger partial charge in [0.1, 0.15) is 11.9 Å². The van der Waals surface area contributed by atoms with E-state index in [1.165, 1.54) is 11.6 Å². The number of anilines is 1. The first-order valence-electron chi connectivity index (χ1n) is 11.7. The van der Waals surface area contributed by atoms with Crippen LogP contribution < -0.4 is 10.6 Å². The molecule has 0 bridgehead atoms. The van der Waals surface area contributed by atoms with Crippen molar-refractivity contribution < 1.29 is 19.4 Å². The Kier molecular flexibility index (Phi) is 8.29. The monoisotopic (exact) mass is 505 g/mol. The van der Waals surface area contributed by atoms with Gasteiger partial charge in [-0.3, -0.25) is 4.79 Å². The zero-order valence-electron chi connectivity index (χ0n) is 18.9. The number of ether oxygens (including phenoxy) is 1. The maximum Gasteiger partial charge on any atom is 0.326 e. The highest BCUT2D eigenvalue weighted by Gasteiger charge is 2.30. The number of carboxylic acid groups (broad SMARTS) is 1. The highest BCUT2D eigenvalue weighted by Crippen LogP contribution is 2.34. The number of halogens is 2. The average Bonchev–Trinajstić information content (AvgIpc) is 2.80. The summed E-state index contributed by atoms with van der Waals surface area (Å²) in [5, 5.41) is 15.7. The molecule has 9 heteroatoms. The fourth-order valence-corrected chi connectivity index (χ4v) is 4.82. The molecule has 0 spiro atoms. The van der Waals surface area contributed by atoms with Crippen LogP contribution in [0.1, 0.15) is 53.7 Å². The first-order valence-corrected chi connectivity index (χ1v) is 12.5. The number of benzene rings is 1. The maximum absolute atomic E-state index is 12.4. The summed E-state index contributed by atoms with van der Waals surface area (Å²) in [6.45, 7) is 1.25. The number of pyridine rings is 1. The Bertz CT molecular complexity index is 1040. The summed E-state index contributed by atoms with van der Waals surface area (Å²) in [6, 6.07) is 7.92. The number of nitrogens with one attached hydrogen (secondary N) is 2. The van der Waals surface area contributed by atoms with E-state index in [2.05, 4.69) is 22.8 Å². The molecule has 1 amide bonds. The Morgan fingerprint density at radius 1 is 1.24 bits per heavy atom. The van der Waals surface area contributed by atoms with Gasteiger partial charge in [0.2, 0.25) is 0 Å². The standard InChI is InChI=1S/C25H29Cl2N3O4/c26-20-5-1-4-19(22(20)27)24(31)30-21(25(32)33)10-12-34-18-13-15(14-18)6-8-17-9-7-16-3-2-11-28-23(16)29-17/h1,4-5,7,9,15,18,21H,2-3,6,8,10-14H2,(H,28,29)(H,30,31)(H,32,33)/t15?,18?,21-/m0/s1. The number of carboxylic acids is 1. The minimum Gasteiger partial charge on any atom is -0.480 e. The molecule has 0 unspecified atom stereocenters. The fraction of sp³-hybridized carbons (Fsp3) is 0.480. The molecule has 1 aromatic heterocycles. The molecular weight excluding hydrogens is 477 g/mol. The Morgan fingerprint density at radius 3 is 2.85 bits per heavy atom. The van der Waals surface area contributed by atoms with Gasteiger partial charge in [-0.25, -0.2) is 9.78 Å². The van der Waals surface area contributed by atoms with Gasteiger partial charge in [-0.1, -0.05) is 35.3 Å². The number of aliphatic carboxylic acids is 1. The molecule has 1 atom stereocenters. The zero-order valence-corrected chi connectivity index (χ0v) is 20.4. The number of hydrogen-bond donors (Lipinski definition) is 3. The summed E-state index contributed by atoms with van der Waals surface area (Å²) in [7, 11) is 0. The number of fused-ring (bicyclic) bond motifs is 1. The molecular formula is C25H29Cl2N3O4. The predicted molar refractivity (Wildman–Crippen MR) is 132 cm³/mol. The Labute approximate surface area is 209 Å². The van der Waals surface area contributed by atoms with Crippen LogP contribution in [0, 0.1) is 5.92 Å². The third-order valence-electron chi connectivity index (χ3n) is 6.51. The smallest absolute Gasteiger partial charge is 0.326 e. The summed E-state index contributed by atoms with van der Waals surface area (Å²) in [6.07, 6.45) is 6.51. The zero-order chi connectivity index (χ0) is 24.1. The second-order valence-electron chi connectivity index (χ2n) is 8.96. The molecule has 2 aliphatic rings. The largest absolute Gasteiger partial charge is 0.480 e. The van der Waals surface area contributed by atoms with Crippen molar-refractivity contribution in [2.45, 2.75) is 57.1 Å². The number of aryl methyl sites for hydroxylation is 2. The molecule has 4 rings (SSSR count). The molecule has 1 aliphatic heterocycles. The van der Waals surface area contributed by atoms with E-state index in [4.69, 9.17) is 32.9 Å². The van der Waals surface area contributed by atoms with Crippen LogP contribution in [0.3, 0.4) is 0 Å². The Balaban J connectivity index is 1.16. The van der Waals surface area contributed by atoms with Crippen LogP contribution >= 0.6 is 23.2 Å². The molecule has 1 saturated carbocycles. The number of carbonyl (C=O) groups excluding carboxylic acids is 1. The quantitative estimate of drug-likeness (QED) is 0.430. The Morgan fingerprint density at radius 2 is 2.06 bits per heavy atom. The van der Waals surface area contributed by atoms with Gasteiger partial charge in [-0.15, -0.1) is 0 Å². The van der Waals surface area contributed by atoms with Gasteiger partial charge in [0, 0.05) is 25.3 Å². The van der Waals surface area contributed by atoms with Crippen molar-refractivity contribution in [3.05, 3.63) is 57.2 Å². The van der Waals surface area contributed by atoms with E-state index in [1.807, 2.05) is 0 Å². The third-order valence-corrected chi connectivity index (χ3v) is 7.33. The molecule has 0 saturated heterocycles. The molecule has 1 fully saturated rings. The van der Waals surface area contributed by atoms with E-state index in [0.717, 1.165) is 56.6 Å². The summed E-state index contributed by atoms with van der Waals surface area (Å²) in [5.41, 5.74) is 2.57. The maximum atomic E-state index is 12.4. The minimum absolute atomic E-state index is 0.101. The van der Waals surface area contributed by atoms with Crippen molar-refractivity contribution in [2.24, 2.45) is 5.92 Å². The van der Waals surface area contributed by atoms with Crippen molar-refractivity contribution in [1.82, 2.24) is 10.3 Å². The number of nitrogens with zero attached hydrogens (tertiary/aromatic N) is 1. The summed E-state index contributed by atoms with van der Waals surface area (Å²) >= 11 is 12.0. The molecule has 3 N–H and O–H groups in total. The van der Waals surface area contributed by atoms with Gasteiger partial charge in [0.05, 0.1) is 21.7 Å². The highest BCUT2D eigenvalue weighted by molar-refractivity contribution is 6.43. The number of hydrogen-bond acceptors (Lipinski definition) is 5. The van der Waals surface area contributed by atoms with Crippen LogP contribution in [0.5, 0.6) is 0 Å². The number of aromatic nitrogens is 1. The molecule has 0 radical (unpaired) electrons. The number of amides is 1. The Hall–Kier alpha value is -2.35. The van der Waals surface area contributed by atoms with Crippen molar-refractivity contribution >= 4 is 40.9 Å². The molecule has 7 nitrogen and oxygen atoms in total. The molecule has 34 heavy (non-hydrogen) atoms. The van der Waals surface area contributed by atoms with E-state index in [-0.39, 0.29) is 34.7 Å². The summed E-state index contributed by atoms with van der Waals surface area (Å²) in [4.78, 5) is 28.8. The normalized spacial score (nSPS) is 19.9. The molecule has 1 aliphatic carbocycles. The van der Waals surface area contributed by atoms with Gasteiger partial charge in [0.25, 0.3) is 5.91 Å². The number of rotatable bonds is 10. The van der Waals surface area contributed by atoms with Crippen LogP contribution in [-0.2, 0) is 22.4 Å². The third kappa shape index (κ3) is 6.20. The van der Waals surface area contributed by atoms with Crippen molar-refractivity contribution in [1.29, 1.82) is 0 Å². The van der Waals surface area contributed by atoms with Crippen LogP contribution in [0.2, 0.25) is 10.0 Å². The van der Waals surface area contributed by atoms with E-state index in [9.17, 15) is 14.7 Å². The van der Waals surface area contributed by atoms with Crippen molar-refractivity contribution in [3.63, 3.8) is 0 Å². The van der Waals surface area contributed by atoms with Crippen LogP contribution in [0.4, 0.5) is 5.82 Å². The van der Waals surface area contributed by atoms with Gasteiger partial charge >= 0.3 is 5.97 Å². The second kappa shape index (κ2) is 11.4. The highest BCUT2D eigenvalue weighted by atomic mass is 35.5. The lowest BCUT2D eigenvalue weighted by Crippen LogP contribution is -2.42. The van der Waals surface area contributed by atoms with Crippen molar-refractivity contribution in [3.8, 4) is 0 Å². The SMILES string of the molecule is O=C(N[C@@H](CCOC1CC(CCc2ccc3c(n2)NCCC3)C1)C(=O)O)c1cccc(Cl)c1Cl. The molecule has 1 aromatic carbocycles. The topological polar surface area (TPSA) is 101 Å². The minimum atomic E-state index is -1.12. The van der Waals surface area contributed by atoms with Crippen molar-refractivity contribution in [2.75, 3.05) is 18.5 Å². The van der Waals surface area contributed by atoms with E-state index in [1.54, 1.807) is 12.1 Å². The van der Waals surface area contributed by atoms with E-state index < -0.39 is 17.9 Å². The molecule has 2 heterocycles. The second-order valence-corrected chi connectivity index (χ2v) is 9.75. The van der Waals surface area contributed by atoms with Crippen LogP contribution in [-0.4, -0.2) is 47.3 Å². The molecule has 182 valence electrons. The average molecular weight is 506 g/mol. The van der Waals surface area contributed by atoms with Gasteiger partial charge in [-0.2, -0.15) is 0 Å². The van der Waals surface area contributed by atoms with Gasteiger partial charge in [-0.05, 0) is 68.2 Å². The first kappa shape index (κ1) is 24.8. The summed E-state index contributed by atoms with van der Waals surface area (Å²) in [5.74, 6) is -0.0600. The van der Waals surface area contributed by atoms with E-state index >= 15 is 0 Å². The summed E-state index contributed by atoms with van der Waals surface area (Å²) < 4.78 is 5.86. The lowest BCUT2D eigenvalue weighted by Gasteiger charge is -2.35. The van der Waals surface area contributed by atoms with Gasteiger partial charge in [0.15, 0.2) is 0 Å². The number of carbonyl (C=O) groups is 2. The first-order chi connectivity index (χ1) is 16.4.